The minimum atomic E-state index is -1.23. The Bertz CT molecular complexity index is 431. The van der Waals surface area contributed by atoms with Crippen LogP contribution in [0, 0.1) is 5.92 Å². The Hall–Kier alpha value is -1.39. The average molecular weight is 277 g/mol. The molecule has 1 aromatic carbocycles. The van der Waals surface area contributed by atoms with E-state index in [0.717, 1.165) is 17.9 Å². The molecule has 0 bridgehead atoms. The Balaban J connectivity index is 1.94. The van der Waals surface area contributed by atoms with E-state index in [1.807, 2.05) is 30.3 Å². The highest BCUT2D eigenvalue weighted by Gasteiger charge is 2.37. The molecule has 0 aliphatic heterocycles. The average Bonchev–Trinajstić information content (AvgIpc) is 2.45. The Kier molecular flexibility index (Phi) is 5.15. The minimum Gasteiger partial charge on any atom is -0.467 e. The molecule has 1 fully saturated rings. The summed E-state index contributed by atoms with van der Waals surface area (Å²) >= 11 is 0. The molecule has 1 unspecified atom stereocenters. The minimum absolute atomic E-state index is 0.149. The van der Waals surface area contributed by atoms with Crippen LogP contribution in [0.2, 0.25) is 0 Å². The van der Waals surface area contributed by atoms with Crippen LogP contribution in [-0.4, -0.2) is 26.3 Å². The maximum Gasteiger partial charge on any atom is 0.332 e. The molecule has 1 aliphatic rings. The fourth-order valence-electron chi connectivity index (χ4n) is 2.44. The first kappa shape index (κ1) is 15.0. The Morgan fingerprint density at radius 2 is 2.05 bits per heavy atom. The summed E-state index contributed by atoms with van der Waals surface area (Å²) in [4.78, 5) is 12.0. The van der Waals surface area contributed by atoms with Crippen LogP contribution in [0.15, 0.2) is 30.3 Å². The quantitative estimate of drug-likeness (QED) is 0.613. The van der Waals surface area contributed by atoms with E-state index in [1.54, 1.807) is 0 Å². The van der Waals surface area contributed by atoms with Crippen LogP contribution < -0.4 is 5.73 Å². The number of nitrogens with two attached hydrogens (primary N) is 1. The maximum atomic E-state index is 12.0. The van der Waals surface area contributed by atoms with Crippen LogP contribution in [0.1, 0.15) is 31.2 Å². The van der Waals surface area contributed by atoms with Gasteiger partial charge in [0.1, 0.15) is 0 Å². The zero-order valence-electron chi connectivity index (χ0n) is 12.0. The van der Waals surface area contributed by atoms with E-state index in [9.17, 15) is 4.79 Å². The highest BCUT2D eigenvalue weighted by molar-refractivity contribution is 5.82. The smallest absolute Gasteiger partial charge is 0.332 e. The van der Waals surface area contributed by atoms with Crippen LogP contribution in [0.25, 0.3) is 0 Å². The van der Waals surface area contributed by atoms with Crippen LogP contribution in [0.5, 0.6) is 0 Å². The van der Waals surface area contributed by atoms with Crippen molar-refractivity contribution in [2.45, 2.75) is 31.2 Å². The number of benzene rings is 1. The second-order valence-corrected chi connectivity index (χ2v) is 5.47. The maximum absolute atomic E-state index is 12.0. The molecule has 0 saturated heterocycles. The lowest BCUT2D eigenvalue weighted by molar-refractivity contribution is -0.150. The molecule has 1 aromatic rings. The van der Waals surface area contributed by atoms with Crippen molar-refractivity contribution in [2.24, 2.45) is 11.7 Å². The normalized spacial score (nSPS) is 18.1. The van der Waals surface area contributed by atoms with Crippen molar-refractivity contribution in [3.8, 4) is 0 Å². The van der Waals surface area contributed by atoms with Crippen molar-refractivity contribution < 1.29 is 14.3 Å². The second-order valence-electron chi connectivity index (χ2n) is 5.47. The van der Waals surface area contributed by atoms with Gasteiger partial charge in [-0.3, -0.25) is 0 Å². The van der Waals surface area contributed by atoms with Crippen LogP contribution in [-0.2, 0) is 19.8 Å². The number of carbonyl (C=O) groups excluding carboxylic acids is 1. The number of ether oxygens (including phenoxy) is 2. The Morgan fingerprint density at radius 3 is 2.60 bits per heavy atom. The van der Waals surface area contributed by atoms with Crippen LogP contribution >= 0.6 is 0 Å². The summed E-state index contributed by atoms with van der Waals surface area (Å²) in [7, 11) is 1.35. The van der Waals surface area contributed by atoms with Crippen molar-refractivity contribution in [2.75, 3.05) is 20.3 Å². The number of carbonyl (C=O) groups is 1. The first-order chi connectivity index (χ1) is 9.66. The van der Waals surface area contributed by atoms with Crippen molar-refractivity contribution in [3.63, 3.8) is 0 Å². The molecule has 4 heteroatoms. The van der Waals surface area contributed by atoms with E-state index in [2.05, 4.69) is 0 Å². The Labute approximate surface area is 120 Å². The molecular weight excluding hydrogens is 254 g/mol. The molecule has 2 rings (SSSR count). The molecule has 1 aliphatic carbocycles. The number of rotatable bonds is 7. The van der Waals surface area contributed by atoms with Crippen molar-refractivity contribution >= 4 is 5.97 Å². The van der Waals surface area contributed by atoms with E-state index >= 15 is 0 Å². The van der Waals surface area contributed by atoms with Gasteiger partial charge < -0.3 is 15.2 Å². The summed E-state index contributed by atoms with van der Waals surface area (Å²) in [6.45, 7) is 0.795. The van der Waals surface area contributed by atoms with Gasteiger partial charge in [0.15, 0.2) is 5.54 Å². The fourth-order valence-corrected chi connectivity index (χ4v) is 2.44. The van der Waals surface area contributed by atoms with E-state index in [0.29, 0.717) is 6.61 Å². The van der Waals surface area contributed by atoms with Gasteiger partial charge >= 0.3 is 5.97 Å². The topological polar surface area (TPSA) is 61.5 Å². The summed E-state index contributed by atoms with van der Waals surface area (Å²) in [6.07, 6.45) is 4.98. The second kappa shape index (κ2) is 6.86. The van der Waals surface area contributed by atoms with Gasteiger partial charge in [-0.1, -0.05) is 49.6 Å². The summed E-state index contributed by atoms with van der Waals surface area (Å²) in [6, 6.07) is 9.25. The lowest BCUT2D eigenvalue weighted by Gasteiger charge is -2.28. The zero-order chi connectivity index (χ0) is 14.4. The predicted molar refractivity (Wildman–Crippen MR) is 77.1 cm³/mol. The monoisotopic (exact) mass is 277 g/mol. The summed E-state index contributed by atoms with van der Waals surface area (Å²) in [5, 5.41) is 0. The standard InChI is InChI=1S/C16H23NO3/c1-19-15(18)16(17,14-8-3-2-4-9-14)12-20-11-10-13-6-5-7-13/h2-4,8-9,13H,5-7,10-12,17H2,1H3. The third-order valence-corrected chi connectivity index (χ3v) is 4.06. The zero-order valence-corrected chi connectivity index (χ0v) is 12.0. The van der Waals surface area contributed by atoms with Crippen LogP contribution in [0.4, 0.5) is 0 Å². The largest absolute Gasteiger partial charge is 0.467 e. The molecular formula is C16H23NO3. The molecule has 0 amide bonds. The van der Waals surface area contributed by atoms with Crippen molar-refractivity contribution in [1.82, 2.24) is 0 Å². The molecule has 0 aromatic heterocycles. The van der Waals surface area contributed by atoms with Gasteiger partial charge in [-0.05, 0) is 17.9 Å². The van der Waals surface area contributed by atoms with E-state index in [1.165, 1.54) is 26.4 Å². The molecule has 2 N–H and O–H groups in total. The highest BCUT2D eigenvalue weighted by Crippen LogP contribution is 2.29. The van der Waals surface area contributed by atoms with Gasteiger partial charge in [0.25, 0.3) is 0 Å². The predicted octanol–water partition coefficient (Wildman–Crippen LogP) is 2.22. The van der Waals surface area contributed by atoms with Gasteiger partial charge in [-0.15, -0.1) is 0 Å². The molecule has 0 radical (unpaired) electrons. The molecule has 1 atom stereocenters. The number of esters is 1. The number of hydrogen-bond donors (Lipinski definition) is 1. The molecule has 20 heavy (non-hydrogen) atoms. The molecule has 4 nitrogen and oxygen atoms in total. The van der Waals surface area contributed by atoms with Gasteiger partial charge in [0.05, 0.1) is 13.7 Å². The van der Waals surface area contributed by atoms with Gasteiger partial charge in [-0.25, -0.2) is 4.79 Å². The number of methoxy groups -OCH3 is 1. The lowest BCUT2D eigenvalue weighted by atomic mass is 9.83. The van der Waals surface area contributed by atoms with Crippen molar-refractivity contribution in [1.29, 1.82) is 0 Å². The SMILES string of the molecule is COC(=O)C(N)(COCCC1CCC1)c1ccccc1. The molecule has 1 saturated carbocycles. The van der Waals surface area contributed by atoms with E-state index in [-0.39, 0.29) is 6.61 Å². The first-order valence-corrected chi connectivity index (χ1v) is 7.17. The van der Waals surface area contributed by atoms with E-state index in [4.69, 9.17) is 15.2 Å². The highest BCUT2D eigenvalue weighted by atomic mass is 16.5. The summed E-state index contributed by atoms with van der Waals surface area (Å²) < 4.78 is 10.5. The Morgan fingerprint density at radius 1 is 1.35 bits per heavy atom. The van der Waals surface area contributed by atoms with Gasteiger partial charge in [0, 0.05) is 6.61 Å². The van der Waals surface area contributed by atoms with Gasteiger partial charge in [-0.2, -0.15) is 0 Å². The van der Waals surface area contributed by atoms with E-state index < -0.39 is 11.5 Å². The third kappa shape index (κ3) is 3.38. The van der Waals surface area contributed by atoms with Gasteiger partial charge in [0.2, 0.25) is 0 Å². The molecule has 110 valence electrons. The lowest BCUT2D eigenvalue weighted by Crippen LogP contribution is -2.49. The molecule has 0 heterocycles. The third-order valence-electron chi connectivity index (χ3n) is 4.06. The fraction of sp³-hybridized carbons (Fsp3) is 0.562. The number of hydrogen-bond acceptors (Lipinski definition) is 4. The summed E-state index contributed by atoms with van der Waals surface area (Å²) in [5.41, 5.74) is 5.73. The van der Waals surface area contributed by atoms with Crippen LogP contribution in [0.3, 0.4) is 0 Å². The first-order valence-electron chi connectivity index (χ1n) is 7.17. The van der Waals surface area contributed by atoms with Crippen molar-refractivity contribution in [3.05, 3.63) is 35.9 Å². The summed E-state index contributed by atoms with van der Waals surface area (Å²) in [5.74, 6) is 0.323. The molecule has 0 spiro atoms.